The minimum absolute atomic E-state index is 0.200. The third-order valence-electron chi connectivity index (χ3n) is 4.43. The van der Waals surface area contributed by atoms with E-state index in [0.29, 0.717) is 0 Å². The molecule has 0 saturated carbocycles. The van der Waals surface area contributed by atoms with Crippen LogP contribution in [0, 0.1) is 6.92 Å². The first-order chi connectivity index (χ1) is 11.8. The van der Waals surface area contributed by atoms with Crippen LogP contribution in [-0.2, 0) is 0 Å². The third-order valence-corrected chi connectivity index (χ3v) is 5.33. The number of nitrogens with zero attached hydrogens (tertiary/aromatic N) is 3. The van der Waals surface area contributed by atoms with Gasteiger partial charge in [-0.15, -0.1) is 11.3 Å². The molecule has 0 aromatic carbocycles. The van der Waals surface area contributed by atoms with E-state index in [9.17, 15) is 5.11 Å². The molecule has 1 saturated heterocycles. The van der Waals surface area contributed by atoms with Crippen LogP contribution in [0.4, 0.5) is 5.00 Å². The van der Waals surface area contributed by atoms with Gasteiger partial charge in [0.2, 0.25) is 0 Å². The lowest BCUT2D eigenvalue weighted by Crippen LogP contribution is -2.52. The molecule has 0 radical (unpaired) electrons. The highest BCUT2D eigenvalue weighted by Crippen LogP contribution is 2.31. The van der Waals surface area contributed by atoms with Gasteiger partial charge in [0, 0.05) is 49.9 Å². The zero-order valence-electron chi connectivity index (χ0n) is 13.6. The van der Waals surface area contributed by atoms with Crippen molar-refractivity contribution in [3.63, 3.8) is 0 Å². The number of hydrogen-bond donors (Lipinski definition) is 3. The summed E-state index contributed by atoms with van der Waals surface area (Å²) in [4.78, 5) is 11.8. The van der Waals surface area contributed by atoms with E-state index in [1.165, 1.54) is 0 Å². The monoisotopic (exact) mass is 343 g/mol. The second-order valence-corrected chi connectivity index (χ2v) is 7.30. The number of aliphatic hydroxyl groups is 1. The lowest BCUT2D eigenvalue weighted by Gasteiger charge is -2.36. The largest absolute Gasteiger partial charge is 0.396 e. The predicted molar refractivity (Wildman–Crippen MR) is 96.0 cm³/mol. The minimum Gasteiger partial charge on any atom is -0.396 e. The van der Waals surface area contributed by atoms with Crippen molar-refractivity contribution >= 4 is 28.2 Å². The average molecular weight is 343 g/mol. The number of aliphatic hydroxyl groups excluding tert-OH is 1. The number of nitrogens with one attached hydrogen (secondary N) is 2. The molecular weight excluding hydrogens is 322 g/mol. The molecule has 6 nitrogen and oxygen atoms in total. The second-order valence-electron chi connectivity index (χ2n) is 6.10. The molecule has 2 aliphatic heterocycles. The Balaban J connectivity index is 1.87. The van der Waals surface area contributed by atoms with Gasteiger partial charge in [-0.3, -0.25) is 4.98 Å². The van der Waals surface area contributed by atoms with Gasteiger partial charge < -0.3 is 20.6 Å². The lowest BCUT2D eigenvalue weighted by molar-refractivity contribution is 0.217. The van der Waals surface area contributed by atoms with Crippen LogP contribution in [0.1, 0.15) is 17.1 Å². The highest BCUT2D eigenvalue weighted by atomic mass is 32.1. The first-order valence-electron chi connectivity index (χ1n) is 8.25. The second kappa shape index (κ2) is 6.51. The normalized spacial score (nSPS) is 19.8. The summed E-state index contributed by atoms with van der Waals surface area (Å²) in [6, 6.07) is 4.32. The quantitative estimate of drug-likeness (QED) is 0.718. The van der Waals surface area contributed by atoms with Crippen molar-refractivity contribution in [2.24, 2.45) is 0 Å². The van der Waals surface area contributed by atoms with Crippen LogP contribution in [0.25, 0.3) is 11.9 Å². The van der Waals surface area contributed by atoms with Gasteiger partial charge in [-0.2, -0.15) is 0 Å². The molecule has 0 bridgehead atoms. The van der Waals surface area contributed by atoms with Gasteiger partial charge in [0.1, 0.15) is 10.7 Å². The third kappa shape index (κ3) is 2.79. The first-order valence-corrected chi connectivity index (χ1v) is 9.07. The van der Waals surface area contributed by atoms with Gasteiger partial charge in [0.15, 0.2) is 0 Å². The Bertz CT molecular complexity index is 860. The van der Waals surface area contributed by atoms with E-state index < -0.39 is 0 Å². The topological polar surface area (TPSA) is 73.3 Å². The maximum Gasteiger partial charge on any atom is 0.124 e. The van der Waals surface area contributed by atoms with Gasteiger partial charge >= 0.3 is 0 Å². The Kier molecular flexibility index (Phi) is 4.22. The van der Waals surface area contributed by atoms with E-state index >= 15 is 0 Å². The van der Waals surface area contributed by atoms with Crippen molar-refractivity contribution in [2.45, 2.75) is 19.4 Å². The summed E-state index contributed by atoms with van der Waals surface area (Å²) >= 11 is 1.67. The molecule has 2 aromatic rings. The van der Waals surface area contributed by atoms with Gasteiger partial charge in [-0.1, -0.05) is 0 Å². The molecule has 0 aliphatic carbocycles. The standard InChI is InChI=1S/C17H21N5OS/c1-11-21-15-16(22-7-6-18-13(10-22)4-8-23)14-12(3-2-5-19-14)9-20-17(15)24-11/h2-3,5,9,13,18,20,23H,4,6-8,10H2,1H3. The molecule has 1 unspecified atom stereocenters. The summed E-state index contributed by atoms with van der Waals surface area (Å²) in [6.07, 6.45) is 4.61. The molecule has 126 valence electrons. The summed E-state index contributed by atoms with van der Waals surface area (Å²) in [7, 11) is 0. The maximum absolute atomic E-state index is 9.28. The molecule has 4 heterocycles. The molecule has 1 fully saturated rings. The maximum atomic E-state index is 9.28. The molecule has 0 spiro atoms. The van der Waals surface area contributed by atoms with E-state index in [0.717, 1.165) is 58.0 Å². The first kappa shape index (κ1) is 15.6. The molecule has 0 amide bonds. The van der Waals surface area contributed by atoms with Crippen LogP contribution in [0.5, 0.6) is 0 Å². The molecule has 2 aromatic heterocycles. The van der Waals surface area contributed by atoms with Crippen LogP contribution in [0.3, 0.4) is 0 Å². The fourth-order valence-corrected chi connectivity index (χ4v) is 4.14. The fraction of sp³-hybridized carbons (Fsp3) is 0.412. The number of fused-ring (bicyclic) bond motifs is 2. The number of aryl methyl sites for hydroxylation is 1. The minimum atomic E-state index is 0.200. The van der Waals surface area contributed by atoms with Crippen molar-refractivity contribution < 1.29 is 5.11 Å². The Hall–Kier alpha value is -1.96. The Morgan fingerprint density at radius 2 is 2.38 bits per heavy atom. The highest BCUT2D eigenvalue weighted by Gasteiger charge is 2.26. The molecule has 1 atom stereocenters. The molecule has 7 heteroatoms. The summed E-state index contributed by atoms with van der Waals surface area (Å²) in [6.45, 7) is 4.88. The highest BCUT2D eigenvalue weighted by molar-refractivity contribution is 7.16. The Labute approximate surface area is 144 Å². The number of thiazole rings is 1. The number of pyridine rings is 1. The molecule has 3 N–H and O–H groups in total. The van der Waals surface area contributed by atoms with E-state index in [1.54, 1.807) is 11.3 Å². The van der Waals surface area contributed by atoms with Crippen molar-refractivity contribution in [1.82, 2.24) is 20.2 Å². The van der Waals surface area contributed by atoms with Crippen LogP contribution in [-0.4, -0.2) is 52.3 Å². The number of aromatic nitrogens is 2. The van der Waals surface area contributed by atoms with Crippen molar-refractivity contribution in [2.75, 3.05) is 31.6 Å². The van der Waals surface area contributed by atoms with Crippen molar-refractivity contribution in [3.05, 3.63) is 39.6 Å². The zero-order chi connectivity index (χ0) is 16.5. The van der Waals surface area contributed by atoms with E-state index in [1.807, 2.05) is 25.4 Å². The molecule has 4 rings (SSSR count). The molecule has 24 heavy (non-hydrogen) atoms. The van der Waals surface area contributed by atoms with Crippen LogP contribution >= 0.6 is 11.3 Å². The van der Waals surface area contributed by atoms with E-state index in [-0.39, 0.29) is 12.6 Å². The summed E-state index contributed by atoms with van der Waals surface area (Å²) < 4.78 is 0. The Morgan fingerprint density at radius 1 is 1.46 bits per heavy atom. The van der Waals surface area contributed by atoms with Gasteiger partial charge in [-0.05, 0) is 25.5 Å². The fourth-order valence-electron chi connectivity index (χ4n) is 3.35. The zero-order valence-corrected chi connectivity index (χ0v) is 14.4. The predicted octanol–water partition coefficient (Wildman–Crippen LogP) is -0.177. The smallest absolute Gasteiger partial charge is 0.124 e. The van der Waals surface area contributed by atoms with Gasteiger partial charge in [0.25, 0.3) is 0 Å². The number of anilines is 1. The summed E-state index contributed by atoms with van der Waals surface area (Å²) in [5.41, 5.74) is 2.08. The van der Waals surface area contributed by atoms with E-state index in [4.69, 9.17) is 4.98 Å². The SMILES string of the molecule is Cc1nc2c(s1)NC=c1cccnc1=C2N1CCNC(CCO)C1. The summed E-state index contributed by atoms with van der Waals surface area (Å²) in [5.74, 6) is 0. The molecular formula is C17H21N5OS. The molecule has 2 aliphatic rings. The number of hydrogen-bond acceptors (Lipinski definition) is 7. The van der Waals surface area contributed by atoms with Gasteiger partial charge in [-0.25, -0.2) is 4.98 Å². The lowest BCUT2D eigenvalue weighted by atomic mass is 10.1. The van der Waals surface area contributed by atoms with Crippen LogP contribution in [0.2, 0.25) is 0 Å². The van der Waals surface area contributed by atoms with Crippen molar-refractivity contribution in [1.29, 1.82) is 0 Å². The number of piperazine rings is 1. The van der Waals surface area contributed by atoms with Crippen molar-refractivity contribution in [3.8, 4) is 0 Å². The average Bonchev–Trinajstić information content (AvgIpc) is 2.88. The van der Waals surface area contributed by atoms with Crippen LogP contribution < -0.4 is 21.2 Å². The number of rotatable bonds is 3. The van der Waals surface area contributed by atoms with Crippen LogP contribution in [0.15, 0.2) is 18.3 Å². The van der Waals surface area contributed by atoms with E-state index in [2.05, 4.69) is 26.6 Å². The summed E-state index contributed by atoms with van der Waals surface area (Å²) in [5, 5.41) is 20.3. The van der Waals surface area contributed by atoms with Gasteiger partial charge in [0.05, 0.1) is 16.1 Å². The Morgan fingerprint density at radius 3 is 3.25 bits per heavy atom.